The molecule has 2 aromatic carbocycles. The maximum absolute atomic E-state index is 12.5. The van der Waals surface area contributed by atoms with Crippen LogP contribution < -0.4 is 10.6 Å². The van der Waals surface area contributed by atoms with Gasteiger partial charge in [0.1, 0.15) is 11.6 Å². The second-order valence-corrected chi connectivity index (χ2v) is 8.13. The first-order chi connectivity index (χ1) is 15.2. The number of hydrogen-bond donors (Lipinski definition) is 2. The van der Waals surface area contributed by atoms with E-state index in [2.05, 4.69) is 46.7 Å². The Kier molecular flexibility index (Phi) is 8.69. The van der Waals surface area contributed by atoms with Crippen molar-refractivity contribution in [2.75, 3.05) is 18.4 Å². The zero-order valence-electron chi connectivity index (χ0n) is 18.3. The lowest BCUT2D eigenvalue weighted by atomic mass is 10.0. The van der Waals surface area contributed by atoms with Gasteiger partial charge in [-0.15, -0.1) is 0 Å². The number of likely N-dealkylation sites (tertiary alicyclic amines) is 1. The van der Waals surface area contributed by atoms with E-state index in [0.717, 1.165) is 51.7 Å². The monoisotopic (exact) mass is 416 g/mol. The summed E-state index contributed by atoms with van der Waals surface area (Å²) in [5, 5.41) is 15.5. The van der Waals surface area contributed by atoms with Crippen molar-refractivity contribution in [1.82, 2.24) is 10.2 Å². The molecule has 0 atom stereocenters. The molecule has 0 radical (unpaired) electrons. The molecule has 5 nitrogen and oxygen atoms in total. The van der Waals surface area contributed by atoms with Gasteiger partial charge in [0.25, 0.3) is 5.91 Å². The highest BCUT2D eigenvalue weighted by molar-refractivity contribution is 6.06. The molecule has 0 bridgehead atoms. The Morgan fingerprint density at radius 1 is 1.10 bits per heavy atom. The number of carbonyl (C=O) groups excluding carboxylic acids is 1. The first-order valence-corrected chi connectivity index (χ1v) is 11.2. The minimum atomic E-state index is -0.377. The van der Waals surface area contributed by atoms with Crippen molar-refractivity contribution in [3.05, 3.63) is 77.5 Å². The number of unbranched alkanes of at least 4 members (excludes halogenated alkanes) is 1. The first-order valence-electron chi connectivity index (χ1n) is 11.2. The standard InChI is InChI=1S/C26H32N4O/c1-2-3-7-21-10-12-25(13-11-21)29-26(31)23(18-27)19-28-24-14-16-30(17-15-24)20-22-8-5-4-6-9-22/h4-6,8-13,19,24,28H,2-3,7,14-17,20H2,1H3,(H,29,31)/b23-19-. The van der Waals surface area contributed by atoms with Gasteiger partial charge in [0.2, 0.25) is 0 Å². The van der Waals surface area contributed by atoms with E-state index in [9.17, 15) is 10.1 Å². The number of rotatable bonds is 9. The van der Waals surface area contributed by atoms with Crippen molar-refractivity contribution >= 4 is 11.6 Å². The summed E-state index contributed by atoms with van der Waals surface area (Å²) in [6, 6.07) is 20.6. The number of nitriles is 1. The molecule has 1 heterocycles. The number of nitrogens with zero attached hydrogens (tertiary/aromatic N) is 2. The molecule has 5 heteroatoms. The number of amides is 1. The molecule has 31 heavy (non-hydrogen) atoms. The zero-order valence-corrected chi connectivity index (χ0v) is 18.3. The minimum Gasteiger partial charge on any atom is -0.387 e. The molecule has 1 aliphatic heterocycles. The molecule has 1 amide bonds. The number of piperidine rings is 1. The summed E-state index contributed by atoms with van der Waals surface area (Å²) in [6.07, 6.45) is 6.91. The van der Waals surface area contributed by atoms with Crippen LogP contribution >= 0.6 is 0 Å². The van der Waals surface area contributed by atoms with Crippen LogP contribution in [0, 0.1) is 11.3 Å². The summed E-state index contributed by atoms with van der Waals surface area (Å²) in [6.45, 7) is 5.14. The number of aryl methyl sites for hydroxylation is 1. The maximum Gasteiger partial charge on any atom is 0.267 e. The highest BCUT2D eigenvalue weighted by Gasteiger charge is 2.19. The van der Waals surface area contributed by atoms with Crippen LogP contribution in [0.1, 0.15) is 43.7 Å². The highest BCUT2D eigenvalue weighted by Crippen LogP contribution is 2.15. The third-order valence-electron chi connectivity index (χ3n) is 5.70. The van der Waals surface area contributed by atoms with Gasteiger partial charge in [0.05, 0.1) is 0 Å². The zero-order chi connectivity index (χ0) is 21.9. The smallest absolute Gasteiger partial charge is 0.267 e. The molecule has 0 unspecified atom stereocenters. The average Bonchev–Trinajstić information content (AvgIpc) is 2.81. The molecule has 0 spiro atoms. The molecule has 2 aromatic rings. The van der Waals surface area contributed by atoms with Gasteiger partial charge in [-0.1, -0.05) is 55.8 Å². The van der Waals surface area contributed by atoms with Crippen molar-refractivity contribution in [3.8, 4) is 6.07 Å². The number of hydrogen-bond acceptors (Lipinski definition) is 4. The summed E-state index contributed by atoms with van der Waals surface area (Å²) in [5.41, 5.74) is 3.40. The Labute approximate surface area is 185 Å². The normalized spacial score (nSPS) is 15.3. The molecule has 0 saturated carbocycles. The lowest BCUT2D eigenvalue weighted by Crippen LogP contribution is -2.40. The van der Waals surface area contributed by atoms with E-state index in [1.807, 2.05) is 36.4 Å². The van der Waals surface area contributed by atoms with Crippen molar-refractivity contribution in [2.45, 2.75) is 51.6 Å². The van der Waals surface area contributed by atoms with Crippen molar-refractivity contribution in [3.63, 3.8) is 0 Å². The van der Waals surface area contributed by atoms with Gasteiger partial charge in [0.15, 0.2) is 0 Å². The van der Waals surface area contributed by atoms with Gasteiger partial charge >= 0.3 is 0 Å². The molecule has 162 valence electrons. The van der Waals surface area contributed by atoms with Gasteiger partial charge in [-0.25, -0.2) is 0 Å². The summed E-state index contributed by atoms with van der Waals surface area (Å²) in [4.78, 5) is 14.9. The summed E-state index contributed by atoms with van der Waals surface area (Å²) in [7, 11) is 0. The third kappa shape index (κ3) is 7.27. The molecule has 1 fully saturated rings. The largest absolute Gasteiger partial charge is 0.387 e. The minimum absolute atomic E-state index is 0.0989. The molecule has 1 aliphatic rings. The fraction of sp³-hybridized carbons (Fsp3) is 0.385. The van der Waals surface area contributed by atoms with Crippen molar-refractivity contribution in [1.29, 1.82) is 5.26 Å². The molecule has 3 rings (SSSR count). The van der Waals surface area contributed by atoms with Gasteiger partial charge in [-0.2, -0.15) is 5.26 Å². The van der Waals surface area contributed by atoms with Crippen LogP contribution in [-0.2, 0) is 17.8 Å². The molecular formula is C26H32N4O. The van der Waals surface area contributed by atoms with E-state index < -0.39 is 0 Å². The van der Waals surface area contributed by atoms with Crippen LogP contribution in [0.25, 0.3) is 0 Å². The van der Waals surface area contributed by atoms with E-state index in [4.69, 9.17) is 0 Å². The third-order valence-corrected chi connectivity index (χ3v) is 5.70. The summed E-state index contributed by atoms with van der Waals surface area (Å²) < 4.78 is 0. The second kappa shape index (κ2) is 11.9. The topological polar surface area (TPSA) is 68.2 Å². The van der Waals surface area contributed by atoms with Gasteiger partial charge in [-0.05, 0) is 48.9 Å². The van der Waals surface area contributed by atoms with Crippen LogP contribution in [0.4, 0.5) is 5.69 Å². The average molecular weight is 417 g/mol. The lowest BCUT2D eigenvalue weighted by Gasteiger charge is -2.32. The Morgan fingerprint density at radius 2 is 1.81 bits per heavy atom. The highest BCUT2D eigenvalue weighted by atomic mass is 16.1. The fourth-order valence-electron chi connectivity index (χ4n) is 3.78. The molecule has 0 aliphatic carbocycles. The Balaban J connectivity index is 1.46. The maximum atomic E-state index is 12.5. The van der Waals surface area contributed by atoms with Crippen molar-refractivity contribution in [2.24, 2.45) is 0 Å². The van der Waals surface area contributed by atoms with E-state index in [0.29, 0.717) is 5.69 Å². The van der Waals surface area contributed by atoms with E-state index in [1.165, 1.54) is 11.1 Å². The Hall–Kier alpha value is -3.10. The van der Waals surface area contributed by atoms with Crippen LogP contribution in [0.15, 0.2) is 66.4 Å². The number of nitrogens with one attached hydrogen (secondary N) is 2. The van der Waals surface area contributed by atoms with Gasteiger partial charge < -0.3 is 10.6 Å². The Morgan fingerprint density at radius 3 is 2.45 bits per heavy atom. The first kappa shape index (κ1) is 22.6. The Bertz CT molecular complexity index is 891. The summed E-state index contributed by atoms with van der Waals surface area (Å²) in [5.74, 6) is -0.377. The van der Waals surface area contributed by atoms with E-state index >= 15 is 0 Å². The molecule has 2 N–H and O–H groups in total. The molecular weight excluding hydrogens is 384 g/mol. The van der Waals surface area contributed by atoms with Crippen LogP contribution in [-0.4, -0.2) is 29.9 Å². The number of carbonyl (C=O) groups is 1. The number of anilines is 1. The quantitative estimate of drug-likeness (QED) is 0.462. The van der Waals surface area contributed by atoms with E-state index in [1.54, 1.807) is 6.20 Å². The fourth-order valence-corrected chi connectivity index (χ4v) is 3.78. The van der Waals surface area contributed by atoms with E-state index in [-0.39, 0.29) is 17.5 Å². The SMILES string of the molecule is CCCCc1ccc(NC(=O)/C(C#N)=C\NC2CCN(Cc3ccccc3)CC2)cc1. The predicted molar refractivity (Wildman–Crippen MR) is 125 cm³/mol. The molecule has 0 aromatic heterocycles. The van der Waals surface area contributed by atoms with Crippen LogP contribution in [0.2, 0.25) is 0 Å². The van der Waals surface area contributed by atoms with Crippen LogP contribution in [0.5, 0.6) is 0 Å². The lowest BCUT2D eigenvalue weighted by molar-refractivity contribution is -0.112. The van der Waals surface area contributed by atoms with Crippen molar-refractivity contribution < 1.29 is 4.79 Å². The summed E-state index contributed by atoms with van der Waals surface area (Å²) >= 11 is 0. The van der Waals surface area contributed by atoms with Gasteiger partial charge in [0, 0.05) is 37.6 Å². The van der Waals surface area contributed by atoms with Gasteiger partial charge in [-0.3, -0.25) is 9.69 Å². The van der Waals surface area contributed by atoms with Crippen LogP contribution in [0.3, 0.4) is 0 Å². The number of benzene rings is 2. The molecule has 1 saturated heterocycles. The second-order valence-electron chi connectivity index (χ2n) is 8.13. The predicted octanol–water partition coefficient (Wildman–Crippen LogP) is 4.63.